The van der Waals surface area contributed by atoms with Crippen LogP contribution >= 0.6 is 11.8 Å². The third-order valence-corrected chi connectivity index (χ3v) is 4.24. The van der Waals surface area contributed by atoms with Crippen LogP contribution in [-0.2, 0) is 0 Å². The summed E-state index contributed by atoms with van der Waals surface area (Å²) >= 11 is 1.63. The van der Waals surface area contributed by atoms with Gasteiger partial charge in [-0.05, 0) is 24.9 Å². The Bertz CT molecular complexity index is 414. The van der Waals surface area contributed by atoms with Crippen LogP contribution in [-0.4, -0.2) is 54.7 Å². The van der Waals surface area contributed by atoms with Gasteiger partial charge in [-0.2, -0.15) is 0 Å². The predicted molar refractivity (Wildman–Crippen MR) is 76.2 cm³/mol. The predicted octanol–water partition coefficient (Wildman–Crippen LogP) is 2.19. The second-order valence-electron chi connectivity index (χ2n) is 4.43. The average molecular weight is 264 g/mol. The summed E-state index contributed by atoms with van der Waals surface area (Å²) in [6.45, 7) is 6.90. The first kappa shape index (κ1) is 13.4. The van der Waals surface area contributed by atoms with Crippen molar-refractivity contribution in [3.63, 3.8) is 0 Å². The van der Waals surface area contributed by atoms with Crippen molar-refractivity contribution in [2.45, 2.75) is 11.8 Å². The van der Waals surface area contributed by atoms with Gasteiger partial charge in [0, 0.05) is 31.1 Å². The summed E-state index contributed by atoms with van der Waals surface area (Å²) in [4.78, 5) is 17.9. The molecule has 1 aliphatic heterocycles. The molecular weight excluding hydrogens is 244 g/mol. The van der Waals surface area contributed by atoms with Crippen molar-refractivity contribution in [1.29, 1.82) is 0 Å². The first-order chi connectivity index (χ1) is 8.76. The Balaban J connectivity index is 2.08. The largest absolute Gasteiger partial charge is 0.336 e. The van der Waals surface area contributed by atoms with Crippen molar-refractivity contribution in [2.75, 3.05) is 39.0 Å². The summed E-state index contributed by atoms with van der Waals surface area (Å²) in [5, 5.41) is 0. The number of carbonyl (C=O) groups is 1. The smallest absolute Gasteiger partial charge is 0.255 e. The first-order valence-electron chi connectivity index (χ1n) is 6.41. The third kappa shape index (κ3) is 2.87. The van der Waals surface area contributed by atoms with Gasteiger partial charge in [0.1, 0.15) is 0 Å². The highest BCUT2D eigenvalue weighted by atomic mass is 32.2. The van der Waals surface area contributed by atoms with E-state index in [2.05, 4.69) is 11.8 Å². The zero-order chi connectivity index (χ0) is 13.0. The van der Waals surface area contributed by atoms with Crippen molar-refractivity contribution in [1.82, 2.24) is 9.80 Å². The highest BCUT2D eigenvalue weighted by Gasteiger charge is 2.22. The molecule has 2 rings (SSSR count). The van der Waals surface area contributed by atoms with Crippen molar-refractivity contribution in [3.05, 3.63) is 29.8 Å². The molecule has 1 heterocycles. The molecule has 0 N–H and O–H groups in total. The van der Waals surface area contributed by atoms with Crippen molar-refractivity contribution in [2.24, 2.45) is 0 Å². The highest BCUT2D eigenvalue weighted by molar-refractivity contribution is 7.98. The van der Waals surface area contributed by atoms with E-state index in [1.54, 1.807) is 11.8 Å². The molecule has 1 fully saturated rings. The van der Waals surface area contributed by atoms with Crippen LogP contribution in [0.25, 0.3) is 0 Å². The van der Waals surface area contributed by atoms with Crippen LogP contribution < -0.4 is 0 Å². The number of nitrogens with zero attached hydrogens (tertiary/aromatic N) is 2. The number of thioether (sulfide) groups is 1. The normalized spacial score (nSPS) is 16.9. The molecule has 0 atom stereocenters. The lowest BCUT2D eigenvalue weighted by molar-refractivity contribution is 0.0640. The lowest BCUT2D eigenvalue weighted by Crippen LogP contribution is -2.48. The van der Waals surface area contributed by atoms with Gasteiger partial charge in [-0.1, -0.05) is 19.1 Å². The van der Waals surface area contributed by atoms with E-state index in [1.807, 2.05) is 35.4 Å². The molecule has 1 saturated heterocycles. The van der Waals surface area contributed by atoms with E-state index in [0.29, 0.717) is 0 Å². The van der Waals surface area contributed by atoms with Crippen LogP contribution in [0.5, 0.6) is 0 Å². The zero-order valence-electron chi connectivity index (χ0n) is 11.1. The van der Waals surface area contributed by atoms with Crippen molar-refractivity contribution < 1.29 is 4.79 Å². The van der Waals surface area contributed by atoms with E-state index in [9.17, 15) is 4.79 Å². The van der Waals surface area contributed by atoms with Gasteiger partial charge in [-0.25, -0.2) is 0 Å². The maximum Gasteiger partial charge on any atom is 0.255 e. The van der Waals surface area contributed by atoms with Gasteiger partial charge in [-0.15, -0.1) is 11.8 Å². The van der Waals surface area contributed by atoms with Crippen LogP contribution in [0.15, 0.2) is 29.2 Å². The Hall–Kier alpha value is -1.00. The molecule has 0 spiro atoms. The summed E-state index contributed by atoms with van der Waals surface area (Å²) in [6.07, 6.45) is 2.02. The molecule has 3 nitrogen and oxygen atoms in total. The SMILES string of the molecule is CCN1CCN(C(=O)c2ccccc2SC)CC1. The third-order valence-electron chi connectivity index (χ3n) is 3.44. The summed E-state index contributed by atoms with van der Waals surface area (Å²) in [5.74, 6) is 0.177. The lowest BCUT2D eigenvalue weighted by atomic mass is 10.2. The molecule has 0 aromatic heterocycles. The van der Waals surface area contributed by atoms with Gasteiger partial charge in [-0.3, -0.25) is 4.79 Å². The maximum absolute atomic E-state index is 12.5. The lowest BCUT2D eigenvalue weighted by Gasteiger charge is -2.34. The van der Waals surface area contributed by atoms with E-state index in [1.165, 1.54) is 0 Å². The van der Waals surface area contributed by atoms with Gasteiger partial charge < -0.3 is 9.80 Å². The minimum Gasteiger partial charge on any atom is -0.336 e. The van der Waals surface area contributed by atoms with E-state index in [-0.39, 0.29) is 5.91 Å². The number of amides is 1. The standard InChI is InChI=1S/C14H20N2OS/c1-3-15-8-10-16(11-9-15)14(17)12-6-4-5-7-13(12)18-2/h4-7H,3,8-11H2,1-2H3. The van der Waals surface area contributed by atoms with Crippen molar-refractivity contribution in [3.8, 4) is 0 Å². The van der Waals surface area contributed by atoms with Gasteiger partial charge in [0.2, 0.25) is 0 Å². The number of hydrogen-bond acceptors (Lipinski definition) is 3. The van der Waals surface area contributed by atoms with E-state index in [4.69, 9.17) is 0 Å². The Morgan fingerprint density at radius 3 is 2.50 bits per heavy atom. The molecule has 1 aliphatic rings. The van der Waals surface area contributed by atoms with Gasteiger partial charge in [0.15, 0.2) is 0 Å². The number of rotatable bonds is 3. The quantitative estimate of drug-likeness (QED) is 0.782. The van der Waals surface area contributed by atoms with E-state index >= 15 is 0 Å². The van der Waals surface area contributed by atoms with Gasteiger partial charge in [0.25, 0.3) is 5.91 Å². The summed E-state index contributed by atoms with van der Waals surface area (Å²) in [7, 11) is 0. The maximum atomic E-state index is 12.5. The molecule has 0 aliphatic carbocycles. The van der Waals surface area contributed by atoms with Gasteiger partial charge in [0.05, 0.1) is 5.56 Å². The van der Waals surface area contributed by atoms with E-state index in [0.717, 1.165) is 43.2 Å². The molecule has 0 bridgehead atoms. The Morgan fingerprint density at radius 2 is 1.89 bits per heavy atom. The number of benzene rings is 1. The monoisotopic (exact) mass is 264 g/mol. The Labute approximate surface area is 113 Å². The van der Waals surface area contributed by atoms with Gasteiger partial charge >= 0.3 is 0 Å². The molecule has 0 saturated carbocycles. The van der Waals surface area contributed by atoms with Crippen molar-refractivity contribution >= 4 is 17.7 Å². The Kier molecular flexibility index (Phi) is 4.66. The molecule has 1 aromatic carbocycles. The fourth-order valence-corrected chi connectivity index (χ4v) is 2.85. The minimum absolute atomic E-state index is 0.177. The van der Waals surface area contributed by atoms with Crippen LogP contribution in [0.2, 0.25) is 0 Å². The van der Waals surface area contributed by atoms with E-state index < -0.39 is 0 Å². The second kappa shape index (κ2) is 6.25. The van der Waals surface area contributed by atoms with Crippen LogP contribution in [0.4, 0.5) is 0 Å². The molecule has 18 heavy (non-hydrogen) atoms. The number of carbonyl (C=O) groups excluding carboxylic acids is 1. The fraction of sp³-hybridized carbons (Fsp3) is 0.500. The summed E-state index contributed by atoms with van der Waals surface area (Å²) in [5.41, 5.74) is 0.843. The second-order valence-corrected chi connectivity index (χ2v) is 5.27. The number of likely N-dealkylation sites (N-methyl/N-ethyl adjacent to an activating group) is 1. The fourth-order valence-electron chi connectivity index (χ4n) is 2.26. The highest BCUT2D eigenvalue weighted by Crippen LogP contribution is 2.21. The number of hydrogen-bond donors (Lipinski definition) is 0. The molecule has 0 unspecified atom stereocenters. The first-order valence-corrected chi connectivity index (χ1v) is 7.63. The zero-order valence-corrected chi connectivity index (χ0v) is 11.9. The molecule has 0 radical (unpaired) electrons. The molecule has 98 valence electrons. The topological polar surface area (TPSA) is 23.6 Å². The minimum atomic E-state index is 0.177. The average Bonchev–Trinajstić information content (AvgIpc) is 2.46. The van der Waals surface area contributed by atoms with Crippen LogP contribution in [0, 0.1) is 0 Å². The summed E-state index contributed by atoms with van der Waals surface area (Å²) in [6, 6.07) is 7.87. The number of piperazine rings is 1. The molecule has 1 amide bonds. The molecular formula is C14H20N2OS. The van der Waals surface area contributed by atoms with Crippen LogP contribution in [0.1, 0.15) is 17.3 Å². The Morgan fingerprint density at radius 1 is 1.22 bits per heavy atom. The molecule has 1 aromatic rings. The summed E-state index contributed by atoms with van der Waals surface area (Å²) < 4.78 is 0. The molecule has 4 heteroatoms. The van der Waals surface area contributed by atoms with Crippen LogP contribution in [0.3, 0.4) is 0 Å².